The SMILES string of the molecule is COc1ccc(C(OC[C@H]2O[C@@H](n3cc(C)c(=O)[nH]c3=O)C[C@@H]2OC(=O)OCc2cc(OC)c(OCCCC(=O)Oc3cc(Cl)c(Cl)cc3Cl)cc2[N+](=O)[O-])(c2ccccc2)c2ccc(OC)cc2)cc1. The lowest BCUT2D eigenvalue weighted by Crippen LogP contribution is -2.39. The van der Waals surface area contributed by atoms with Gasteiger partial charge in [0.05, 0.1) is 66.2 Å². The van der Waals surface area contributed by atoms with Crippen LogP contribution in [-0.4, -0.2) is 73.4 Å². The molecular formula is C50H46Cl3N3O15. The third-order valence-corrected chi connectivity index (χ3v) is 12.4. The van der Waals surface area contributed by atoms with Crippen molar-refractivity contribution in [1.29, 1.82) is 0 Å². The van der Waals surface area contributed by atoms with Gasteiger partial charge >= 0.3 is 17.8 Å². The summed E-state index contributed by atoms with van der Waals surface area (Å²) in [6, 6.07) is 29.1. The lowest BCUT2D eigenvalue weighted by molar-refractivity contribution is -0.385. The van der Waals surface area contributed by atoms with Crippen LogP contribution in [0.3, 0.4) is 0 Å². The number of methoxy groups -OCH3 is 3. The highest BCUT2D eigenvalue weighted by atomic mass is 35.5. The number of carbonyl (C=O) groups excluding carboxylic acids is 2. The number of aromatic nitrogens is 2. The quantitative estimate of drug-likeness (QED) is 0.0143. The first-order valence-corrected chi connectivity index (χ1v) is 22.9. The third kappa shape index (κ3) is 12.1. The van der Waals surface area contributed by atoms with Gasteiger partial charge in [-0.2, -0.15) is 0 Å². The Kier molecular flexibility index (Phi) is 16.9. The maximum atomic E-state index is 13.6. The largest absolute Gasteiger partial charge is 0.508 e. The van der Waals surface area contributed by atoms with Gasteiger partial charge in [0.15, 0.2) is 17.2 Å². The van der Waals surface area contributed by atoms with E-state index in [1.165, 1.54) is 43.0 Å². The second kappa shape index (κ2) is 23.2. The summed E-state index contributed by atoms with van der Waals surface area (Å²) in [5.41, 5.74) is -0.836. The average Bonchev–Trinajstić information content (AvgIpc) is 3.77. The third-order valence-electron chi connectivity index (χ3n) is 11.4. The fraction of sp³-hybridized carbons (Fsp3) is 0.280. The molecule has 0 unspecified atom stereocenters. The summed E-state index contributed by atoms with van der Waals surface area (Å²) < 4.78 is 53.5. The van der Waals surface area contributed by atoms with Crippen LogP contribution in [0.15, 0.2) is 119 Å². The minimum Gasteiger partial charge on any atom is -0.497 e. The van der Waals surface area contributed by atoms with E-state index in [0.29, 0.717) is 22.6 Å². The Hall–Kier alpha value is -7.09. The number of hydrogen-bond acceptors (Lipinski definition) is 15. The first kappa shape index (κ1) is 51.8. The molecule has 1 saturated heterocycles. The number of ether oxygens (including phenoxy) is 9. The molecule has 1 aliphatic rings. The van der Waals surface area contributed by atoms with Crippen LogP contribution < -0.4 is 34.9 Å². The van der Waals surface area contributed by atoms with E-state index in [4.69, 9.17) is 77.4 Å². The summed E-state index contributed by atoms with van der Waals surface area (Å²) in [7, 11) is 4.43. The van der Waals surface area contributed by atoms with Crippen LogP contribution in [0.25, 0.3) is 0 Å². The van der Waals surface area contributed by atoms with E-state index >= 15 is 0 Å². The molecule has 0 spiro atoms. The molecule has 0 saturated carbocycles. The van der Waals surface area contributed by atoms with Gasteiger partial charge in [-0.3, -0.25) is 29.3 Å². The number of hydrogen-bond donors (Lipinski definition) is 1. The highest BCUT2D eigenvalue weighted by Gasteiger charge is 2.44. The van der Waals surface area contributed by atoms with Crippen molar-refractivity contribution in [2.45, 2.75) is 56.8 Å². The zero-order chi connectivity index (χ0) is 50.8. The molecule has 0 radical (unpaired) electrons. The Morgan fingerprint density at radius 3 is 2.07 bits per heavy atom. The fourth-order valence-electron chi connectivity index (χ4n) is 7.83. The molecule has 2 heterocycles. The van der Waals surface area contributed by atoms with Gasteiger partial charge in [0.25, 0.3) is 11.2 Å². The lowest BCUT2D eigenvalue weighted by atomic mass is 9.80. The molecule has 0 aliphatic carbocycles. The number of H-pyrrole nitrogens is 1. The number of aromatic amines is 1. The number of halogens is 3. The number of carbonyl (C=O) groups is 2. The second-order valence-electron chi connectivity index (χ2n) is 15.9. The van der Waals surface area contributed by atoms with E-state index in [-0.39, 0.29) is 75.9 Å². The molecule has 1 fully saturated rings. The Morgan fingerprint density at radius 2 is 1.45 bits per heavy atom. The molecule has 7 rings (SSSR count). The molecule has 18 nitrogen and oxygen atoms in total. The van der Waals surface area contributed by atoms with E-state index in [9.17, 15) is 29.3 Å². The molecule has 1 aliphatic heterocycles. The summed E-state index contributed by atoms with van der Waals surface area (Å²) >= 11 is 18.1. The van der Waals surface area contributed by atoms with Crippen molar-refractivity contribution in [3.63, 3.8) is 0 Å². The topological polar surface area (TPSA) is 215 Å². The summed E-state index contributed by atoms with van der Waals surface area (Å²) in [4.78, 5) is 65.5. The maximum absolute atomic E-state index is 13.6. The average molecular weight is 1040 g/mol. The first-order valence-electron chi connectivity index (χ1n) is 21.8. The maximum Gasteiger partial charge on any atom is 0.508 e. The Bertz CT molecular complexity index is 2940. The van der Waals surface area contributed by atoms with Crippen molar-refractivity contribution in [3.05, 3.63) is 183 Å². The van der Waals surface area contributed by atoms with E-state index in [2.05, 4.69) is 4.98 Å². The van der Waals surface area contributed by atoms with Crippen LogP contribution in [0, 0.1) is 17.0 Å². The van der Waals surface area contributed by atoms with Gasteiger partial charge in [0.1, 0.15) is 42.1 Å². The predicted molar refractivity (Wildman–Crippen MR) is 259 cm³/mol. The minimum absolute atomic E-state index is 0.0213. The van der Waals surface area contributed by atoms with Crippen LogP contribution >= 0.6 is 34.8 Å². The number of nitro benzene ring substituents is 1. The number of aryl methyl sites for hydroxylation is 1. The number of benzene rings is 5. The minimum atomic E-state index is -1.32. The van der Waals surface area contributed by atoms with Crippen LogP contribution in [0.4, 0.5) is 10.5 Å². The molecule has 1 N–H and O–H groups in total. The Labute approximate surface area is 420 Å². The molecule has 0 amide bonds. The first-order chi connectivity index (χ1) is 34.1. The van der Waals surface area contributed by atoms with Crippen LogP contribution in [0.2, 0.25) is 15.1 Å². The highest BCUT2D eigenvalue weighted by molar-refractivity contribution is 6.43. The smallest absolute Gasteiger partial charge is 0.497 e. The molecule has 3 atom stereocenters. The van der Waals surface area contributed by atoms with Gasteiger partial charge in [0.2, 0.25) is 0 Å². The molecule has 5 aromatic carbocycles. The van der Waals surface area contributed by atoms with Gasteiger partial charge < -0.3 is 42.6 Å². The van der Waals surface area contributed by atoms with Crippen LogP contribution in [0.5, 0.6) is 28.7 Å². The van der Waals surface area contributed by atoms with E-state index in [0.717, 1.165) is 11.6 Å². The molecule has 1 aromatic heterocycles. The van der Waals surface area contributed by atoms with Crippen molar-refractivity contribution >= 4 is 52.6 Å². The van der Waals surface area contributed by atoms with E-state index in [1.807, 2.05) is 54.6 Å². The lowest BCUT2D eigenvalue weighted by Gasteiger charge is -2.37. The summed E-state index contributed by atoms with van der Waals surface area (Å²) in [5.74, 6) is 0.633. The standard InChI is InChI=1S/C50H46Cl3N3O15/c1-29-26-55(48(59)54-47(29)58)45-25-43(44(69-45)28-68-50(31-9-6-5-7-10-31,32-12-16-34(63-2)17-13-32)33-14-18-35(64-3)19-15-33)71-49(60)67-27-30-21-41(65-4)42(24-39(30)56(61)62)66-20-8-11-46(57)70-40-23-37(52)36(51)22-38(40)53/h5-7,9-10,12-19,21-24,26,43-45H,8,11,20,25,27-28H2,1-4H3,(H,54,58,59)/t43-,44+,45+/m0/s1. The molecule has 372 valence electrons. The number of rotatable bonds is 20. The monoisotopic (exact) mass is 1030 g/mol. The van der Waals surface area contributed by atoms with Crippen LogP contribution in [-0.2, 0) is 35.9 Å². The van der Waals surface area contributed by atoms with Crippen molar-refractivity contribution < 1.29 is 57.1 Å². The molecular weight excluding hydrogens is 989 g/mol. The number of nitrogens with zero attached hydrogens (tertiary/aromatic N) is 2. The van der Waals surface area contributed by atoms with Gasteiger partial charge in [-0.15, -0.1) is 0 Å². The van der Waals surface area contributed by atoms with Crippen molar-refractivity contribution in [1.82, 2.24) is 9.55 Å². The summed E-state index contributed by atoms with van der Waals surface area (Å²) in [5, 5.41) is 12.7. The van der Waals surface area contributed by atoms with Crippen molar-refractivity contribution in [2.24, 2.45) is 0 Å². The second-order valence-corrected chi connectivity index (χ2v) is 17.1. The van der Waals surface area contributed by atoms with Gasteiger partial charge in [-0.1, -0.05) is 89.4 Å². The number of nitrogens with one attached hydrogen (secondary N) is 1. The summed E-state index contributed by atoms with van der Waals surface area (Å²) in [6.45, 7) is 0.567. The molecule has 6 aromatic rings. The van der Waals surface area contributed by atoms with Crippen molar-refractivity contribution in [3.8, 4) is 28.7 Å². The Morgan fingerprint density at radius 1 is 0.817 bits per heavy atom. The normalized spacial score (nSPS) is 15.4. The highest BCUT2D eigenvalue weighted by Crippen LogP contribution is 2.43. The zero-order valence-electron chi connectivity index (χ0n) is 38.5. The molecule has 71 heavy (non-hydrogen) atoms. The zero-order valence-corrected chi connectivity index (χ0v) is 40.8. The van der Waals surface area contributed by atoms with E-state index in [1.54, 1.807) is 38.5 Å². The van der Waals surface area contributed by atoms with Gasteiger partial charge in [-0.05, 0) is 66.4 Å². The number of esters is 1. The van der Waals surface area contributed by atoms with Crippen molar-refractivity contribution in [2.75, 3.05) is 34.5 Å². The van der Waals surface area contributed by atoms with Gasteiger partial charge in [-0.25, -0.2) is 9.59 Å². The molecule has 0 bridgehead atoms. The predicted octanol–water partition coefficient (Wildman–Crippen LogP) is 9.52. The number of nitro groups is 1. The van der Waals surface area contributed by atoms with Gasteiger partial charge in [0, 0.05) is 30.7 Å². The van der Waals surface area contributed by atoms with Crippen LogP contribution in [0.1, 0.15) is 53.3 Å². The Balaban J connectivity index is 1.10. The molecule has 21 heteroatoms. The fourth-order valence-corrected chi connectivity index (χ4v) is 8.40. The summed E-state index contributed by atoms with van der Waals surface area (Å²) in [6.07, 6.45) is -3.21. The van der Waals surface area contributed by atoms with E-state index < -0.39 is 64.6 Å².